The maximum atomic E-state index is 11.8. The average Bonchev–Trinajstić information content (AvgIpc) is 2.50. The molecule has 1 unspecified atom stereocenters. The number of halogens is 2. The summed E-state index contributed by atoms with van der Waals surface area (Å²) in [7, 11) is 0. The molecule has 112 valence electrons. The van der Waals surface area contributed by atoms with Crippen molar-refractivity contribution >= 4 is 29.2 Å². The van der Waals surface area contributed by atoms with Gasteiger partial charge in [0.05, 0.1) is 12.5 Å². The third kappa shape index (κ3) is 4.49. The Balaban J connectivity index is 1.96. The minimum atomic E-state index is -0.621. The molecule has 2 aromatic rings. The third-order valence-electron chi connectivity index (χ3n) is 3.10. The second-order valence-electron chi connectivity index (χ2n) is 4.69. The van der Waals surface area contributed by atoms with Crippen molar-refractivity contribution in [2.75, 3.05) is 6.61 Å². The highest BCUT2D eigenvalue weighted by Crippen LogP contribution is 2.27. The van der Waals surface area contributed by atoms with E-state index in [1.807, 2.05) is 30.3 Å². The van der Waals surface area contributed by atoms with Gasteiger partial charge in [-0.25, -0.2) is 0 Å². The van der Waals surface area contributed by atoms with Crippen LogP contribution in [0, 0.1) is 11.3 Å². The van der Waals surface area contributed by atoms with Crippen molar-refractivity contribution in [2.45, 2.75) is 12.3 Å². The van der Waals surface area contributed by atoms with Crippen molar-refractivity contribution in [2.24, 2.45) is 0 Å². The number of hydrogen-bond acceptors (Lipinski definition) is 3. The first-order chi connectivity index (χ1) is 10.6. The van der Waals surface area contributed by atoms with Crippen molar-refractivity contribution in [1.29, 1.82) is 5.26 Å². The van der Waals surface area contributed by atoms with Crippen LogP contribution < -0.4 is 0 Å². The number of rotatable bonds is 5. The van der Waals surface area contributed by atoms with E-state index in [9.17, 15) is 10.1 Å². The summed E-state index contributed by atoms with van der Waals surface area (Å²) in [6.45, 7) is -0.0382. The summed E-state index contributed by atoms with van der Waals surface area (Å²) in [4.78, 5) is 11.8. The Bertz CT molecular complexity index is 696. The Morgan fingerprint density at radius 3 is 2.55 bits per heavy atom. The van der Waals surface area contributed by atoms with Gasteiger partial charge in [-0.05, 0) is 23.3 Å². The van der Waals surface area contributed by atoms with Crippen LogP contribution in [0.3, 0.4) is 0 Å². The van der Waals surface area contributed by atoms with E-state index in [4.69, 9.17) is 27.9 Å². The van der Waals surface area contributed by atoms with E-state index in [0.717, 1.165) is 5.56 Å². The molecule has 0 saturated carbocycles. The smallest absolute Gasteiger partial charge is 0.310 e. The van der Waals surface area contributed by atoms with Crippen molar-refractivity contribution in [3.63, 3.8) is 0 Å². The van der Waals surface area contributed by atoms with Crippen LogP contribution in [-0.4, -0.2) is 12.6 Å². The number of hydrogen-bond donors (Lipinski definition) is 0. The van der Waals surface area contributed by atoms with Crippen molar-refractivity contribution in [3.8, 4) is 6.07 Å². The van der Waals surface area contributed by atoms with Gasteiger partial charge in [-0.2, -0.15) is 5.26 Å². The Morgan fingerprint density at radius 1 is 1.18 bits per heavy atom. The van der Waals surface area contributed by atoms with Crippen LogP contribution in [0.15, 0.2) is 48.5 Å². The first-order valence-corrected chi connectivity index (χ1v) is 7.40. The third-order valence-corrected chi connectivity index (χ3v) is 3.66. The Hall–Kier alpha value is -2.02. The molecule has 2 aromatic carbocycles. The fraction of sp³-hybridized carbons (Fsp3) is 0.176. The lowest BCUT2D eigenvalue weighted by atomic mass is 10.0. The van der Waals surface area contributed by atoms with Gasteiger partial charge in [0.25, 0.3) is 0 Å². The van der Waals surface area contributed by atoms with Crippen LogP contribution >= 0.6 is 23.2 Å². The van der Waals surface area contributed by atoms with Gasteiger partial charge in [-0.3, -0.25) is 4.79 Å². The fourth-order valence-corrected chi connectivity index (χ4v) is 2.51. The van der Waals surface area contributed by atoms with Crippen molar-refractivity contribution < 1.29 is 9.53 Å². The molecule has 0 saturated heterocycles. The molecule has 0 aliphatic carbocycles. The summed E-state index contributed by atoms with van der Waals surface area (Å²) in [6, 6.07) is 16.3. The minimum Gasteiger partial charge on any atom is -0.464 e. The van der Waals surface area contributed by atoms with E-state index in [2.05, 4.69) is 6.07 Å². The van der Waals surface area contributed by atoms with Gasteiger partial charge in [-0.1, -0.05) is 59.6 Å². The van der Waals surface area contributed by atoms with E-state index >= 15 is 0 Å². The lowest BCUT2D eigenvalue weighted by Gasteiger charge is -2.12. The van der Waals surface area contributed by atoms with Gasteiger partial charge in [0.15, 0.2) is 0 Å². The summed E-state index contributed by atoms with van der Waals surface area (Å²) in [5, 5.41) is 10.1. The van der Waals surface area contributed by atoms with Gasteiger partial charge in [0.2, 0.25) is 0 Å². The maximum absolute atomic E-state index is 11.8. The van der Waals surface area contributed by atoms with Gasteiger partial charge in [0, 0.05) is 10.0 Å². The Labute approximate surface area is 139 Å². The second-order valence-corrected chi connectivity index (χ2v) is 5.54. The summed E-state index contributed by atoms with van der Waals surface area (Å²) < 4.78 is 5.19. The molecule has 5 heteroatoms. The zero-order valence-electron chi connectivity index (χ0n) is 11.6. The molecule has 0 aromatic heterocycles. The maximum Gasteiger partial charge on any atom is 0.310 e. The normalized spacial score (nSPS) is 11.5. The average molecular weight is 334 g/mol. The summed E-state index contributed by atoms with van der Waals surface area (Å²) in [5.74, 6) is -0.999. The number of esters is 1. The molecule has 0 aliphatic rings. The van der Waals surface area contributed by atoms with E-state index in [0.29, 0.717) is 15.6 Å². The minimum absolute atomic E-state index is 0.0382. The van der Waals surface area contributed by atoms with Crippen molar-refractivity contribution in [3.05, 3.63) is 69.7 Å². The lowest BCUT2D eigenvalue weighted by Crippen LogP contribution is -2.14. The summed E-state index contributed by atoms with van der Waals surface area (Å²) in [5.41, 5.74) is 1.46. The van der Waals surface area contributed by atoms with Gasteiger partial charge >= 0.3 is 5.97 Å². The molecule has 0 N–H and O–H groups in total. The number of carbonyl (C=O) groups excluding carboxylic acids is 1. The topological polar surface area (TPSA) is 50.1 Å². The number of ether oxygens (including phenoxy) is 1. The monoisotopic (exact) mass is 333 g/mol. The van der Waals surface area contributed by atoms with E-state index in [1.165, 1.54) is 0 Å². The molecule has 0 heterocycles. The van der Waals surface area contributed by atoms with Crippen LogP contribution in [0.1, 0.15) is 17.0 Å². The number of benzene rings is 2. The molecular weight excluding hydrogens is 321 g/mol. The Morgan fingerprint density at radius 2 is 1.91 bits per heavy atom. The highest BCUT2D eigenvalue weighted by Gasteiger charge is 2.17. The van der Waals surface area contributed by atoms with Crippen LogP contribution in [0.4, 0.5) is 0 Å². The first-order valence-electron chi connectivity index (χ1n) is 6.64. The molecule has 0 spiro atoms. The highest BCUT2D eigenvalue weighted by molar-refractivity contribution is 6.35. The molecule has 1 atom stereocenters. The predicted octanol–water partition coefficient (Wildman–Crippen LogP) is 4.39. The zero-order chi connectivity index (χ0) is 15.9. The molecule has 0 fully saturated rings. The second kappa shape index (κ2) is 7.84. The van der Waals surface area contributed by atoms with E-state index in [-0.39, 0.29) is 19.0 Å². The molecular formula is C17H13Cl2NO2. The first kappa shape index (κ1) is 16.4. The summed E-state index contributed by atoms with van der Waals surface area (Å²) >= 11 is 11.9. The van der Waals surface area contributed by atoms with E-state index in [1.54, 1.807) is 18.2 Å². The largest absolute Gasteiger partial charge is 0.464 e. The molecule has 0 aliphatic heterocycles. The molecule has 0 bridgehead atoms. The highest BCUT2D eigenvalue weighted by atomic mass is 35.5. The van der Waals surface area contributed by atoms with Gasteiger partial charge < -0.3 is 4.74 Å². The van der Waals surface area contributed by atoms with E-state index < -0.39 is 5.92 Å². The van der Waals surface area contributed by atoms with Crippen LogP contribution in [-0.2, 0) is 16.0 Å². The quantitative estimate of drug-likeness (QED) is 0.762. The van der Waals surface area contributed by atoms with Crippen LogP contribution in [0.5, 0.6) is 0 Å². The number of nitriles is 1. The molecule has 3 nitrogen and oxygen atoms in total. The van der Waals surface area contributed by atoms with Crippen LogP contribution in [0.2, 0.25) is 10.0 Å². The fourth-order valence-electron chi connectivity index (χ4n) is 1.97. The lowest BCUT2D eigenvalue weighted by molar-refractivity contribution is -0.143. The Kier molecular flexibility index (Phi) is 5.83. The SMILES string of the molecule is N#CC(COC(=O)Cc1ccccc1)c1ccc(Cl)cc1Cl. The standard InChI is InChI=1S/C17H13Cl2NO2/c18-14-6-7-15(16(19)9-14)13(10-20)11-22-17(21)8-12-4-2-1-3-5-12/h1-7,9,13H,8,11H2. The molecule has 0 amide bonds. The number of carbonyl (C=O) groups is 1. The van der Waals surface area contributed by atoms with Gasteiger partial charge in [-0.15, -0.1) is 0 Å². The van der Waals surface area contributed by atoms with Gasteiger partial charge in [0.1, 0.15) is 12.5 Å². The number of nitrogens with zero attached hydrogens (tertiary/aromatic N) is 1. The summed E-state index contributed by atoms with van der Waals surface area (Å²) in [6.07, 6.45) is 0.174. The molecule has 22 heavy (non-hydrogen) atoms. The molecule has 0 radical (unpaired) electrons. The van der Waals surface area contributed by atoms with Crippen molar-refractivity contribution in [1.82, 2.24) is 0 Å². The van der Waals surface area contributed by atoms with Crippen LogP contribution in [0.25, 0.3) is 0 Å². The predicted molar refractivity (Wildman–Crippen MR) is 85.9 cm³/mol. The molecule has 2 rings (SSSR count). The zero-order valence-corrected chi connectivity index (χ0v) is 13.1.